The van der Waals surface area contributed by atoms with Crippen molar-refractivity contribution in [1.82, 2.24) is 5.32 Å². The van der Waals surface area contributed by atoms with Gasteiger partial charge in [0.05, 0.1) is 24.0 Å². The van der Waals surface area contributed by atoms with Crippen LogP contribution in [0.3, 0.4) is 0 Å². The Morgan fingerprint density at radius 3 is 2.50 bits per heavy atom. The largest absolute Gasteiger partial charge is 0.481 e. The monoisotopic (exact) mass is 227 g/mol. The molecule has 2 rings (SSSR count). The maximum Gasteiger partial charge on any atom is 0.310 e. The van der Waals surface area contributed by atoms with Gasteiger partial charge >= 0.3 is 5.97 Å². The Balaban J connectivity index is 2.06. The van der Waals surface area contributed by atoms with Crippen molar-refractivity contribution in [3.8, 4) is 0 Å². The second-order valence-corrected chi connectivity index (χ2v) is 4.47. The van der Waals surface area contributed by atoms with Crippen LogP contribution in [0.25, 0.3) is 0 Å². The maximum absolute atomic E-state index is 11.9. The molecule has 2 fully saturated rings. The highest BCUT2D eigenvalue weighted by Gasteiger charge is 2.55. The fourth-order valence-corrected chi connectivity index (χ4v) is 2.69. The van der Waals surface area contributed by atoms with E-state index in [2.05, 4.69) is 5.32 Å². The van der Waals surface area contributed by atoms with Gasteiger partial charge in [0.1, 0.15) is 0 Å². The molecule has 0 aromatic rings. The van der Waals surface area contributed by atoms with Crippen LogP contribution in [0.1, 0.15) is 26.2 Å². The molecule has 0 saturated carbocycles. The zero-order valence-electron chi connectivity index (χ0n) is 9.31. The SMILES string of the molecule is CCCNC(=O)C1C(C(=O)O)[C@H]2CC[C@@H]1O2. The summed E-state index contributed by atoms with van der Waals surface area (Å²) in [6.45, 7) is 2.56. The molecule has 0 aliphatic carbocycles. The fraction of sp³-hybridized carbons (Fsp3) is 0.818. The molecule has 1 amide bonds. The third kappa shape index (κ3) is 1.80. The summed E-state index contributed by atoms with van der Waals surface area (Å²) in [6.07, 6.45) is 1.96. The number of carboxylic acid groups (broad SMARTS) is 1. The number of amides is 1. The Hall–Kier alpha value is -1.10. The van der Waals surface area contributed by atoms with Gasteiger partial charge in [-0.2, -0.15) is 0 Å². The highest BCUT2D eigenvalue weighted by molar-refractivity contribution is 5.86. The normalized spacial score (nSPS) is 36.3. The molecular formula is C11H17NO4. The van der Waals surface area contributed by atoms with Crippen molar-refractivity contribution in [2.45, 2.75) is 38.4 Å². The first-order valence-electron chi connectivity index (χ1n) is 5.81. The van der Waals surface area contributed by atoms with Gasteiger partial charge in [-0.15, -0.1) is 0 Å². The molecule has 0 aromatic carbocycles. The summed E-state index contributed by atoms with van der Waals surface area (Å²) in [5, 5.41) is 11.9. The molecule has 90 valence electrons. The zero-order chi connectivity index (χ0) is 11.7. The Morgan fingerprint density at radius 1 is 1.31 bits per heavy atom. The minimum absolute atomic E-state index is 0.165. The first-order valence-corrected chi connectivity index (χ1v) is 5.81. The Kier molecular flexibility index (Phi) is 3.14. The Bertz CT molecular complexity index is 304. The van der Waals surface area contributed by atoms with E-state index in [1.807, 2.05) is 6.92 Å². The van der Waals surface area contributed by atoms with E-state index in [1.54, 1.807) is 0 Å². The van der Waals surface area contributed by atoms with Gasteiger partial charge in [0.15, 0.2) is 0 Å². The molecule has 2 saturated heterocycles. The highest BCUT2D eigenvalue weighted by atomic mass is 16.5. The summed E-state index contributed by atoms with van der Waals surface area (Å²) >= 11 is 0. The first kappa shape index (κ1) is 11.4. The topological polar surface area (TPSA) is 75.6 Å². The molecule has 5 nitrogen and oxygen atoms in total. The Labute approximate surface area is 94.2 Å². The van der Waals surface area contributed by atoms with Crippen molar-refractivity contribution in [2.75, 3.05) is 6.54 Å². The molecule has 2 heterocycles. The minimum Gasteiger partial charge on any atom is -0.481 e. The number of fused-ring (bicyclic) bond motifs is 2. The van der Waals surface area contributed by atoms with Crippen LogP contribution in [0.2, 0.25) is 0 Å². The quantitative estimate of drug-likeness (QED) is 0.728. The average molecular weight is 227 g/mol. The predicted molar refractivity (Wildman–Crippen MR) is 55.8 cm³/mol. The minimum atomic E-state index is -0.913. The number of hydrogen-bond donors (Lipinski definition) is 2. The number of aliphatic carboxylic acids is 1. The van der Waals surface area contributed by atoms with E-state index in [0.717, 1.165) is 19.3 Å². The number of ether oxygens (including phenoxy) is 1. The number of carbonyl (C=O) groups is 2. The number of carbonyl (C=O) groups excluding carboxylic acids is 1. The van der Waals surface area contributed by atoms with Crippen molar-refractivity contribution in [1.29, 1.82) is 0 Å². The van der Waals surface area contributed by atoms with Crippen LogP contribution < -0.4 is 5.32 Å². The van der Waals surface area contributed by atoms with E-state index in [4.69, 9.17) is 9.84 Å². The molecule has 5 heteroatoms. The fourth-order valence-electron chi connectivity index (χ4n) is 2.69. The van der Waals surface area contributed by atoms with Gasteiger partial charge in [-0.05, 0) is 19.3 Å². The van der Waals surface area contributed by atoms with Crippen LogP contribution in [-0.2, 0) is 14.3 Å². The number of carboxylic acids is 1. The summed E-state index contributed by atoms with van der Waals surface area (Å²) in [5.74, 6) is -2.23. The lowest BCUT2D eigenvalue weighted by atomic mass is 9.79. The van der Waals surface area contributed by atoms with Crippen molar-refractivity contribution >= 4 is 11.9 Å². The third-order valence-corrected chi connectivity index (χ3v) is 3.41. The third-order valence-electron chi connectivity index (χ3n) is 3.41. The van der Waals surface area contributed by atoms with Crippen molar-refractivity contribution in [2.24, 2.45) is 11.8 Å². The second-order valence-electron chi connectivity index (χ2n) is 4.47. The summed E-state index contributed by atoms with van der Waals surface area (Å²) in [5.41, 5.74) is 0. The van der Waals surface area contributed by atoms with Crippen molar-refractivity contribution in [3.63, 3.8) is 0 Å². The molecule has 2 N–H and O–H groups in total. The maximum atomic E-state index is 11.9. The van der Waals surface area contributed by atoms with Crippen molar-refractivity contribution in [3.05, 3.63) is 0 Å². The van der Waals surface area contributed by atoms with Gasteiger partial charge in [-0.25, -0.2) is 0 Å². The predicted octanol–water partition coefficient (Wildman–Crippen LogP) is 0.391. The van der Waals surface area contributed by atoms with E-state index >= 15 is 0 Å². The zero-order valence-corrected chi connectivity index (χ0v) is 9.31. The van der Waals surface area contributed by atoms with Crippen LogP contribution >= 0.6 is 0 Å². The van der Waals surface area contributed by atoms with Crippen LogP contribution in [0.15, 0.2) is 0 Å². The molecule has 0 aromatic heterocycles. The summed E-state index contributed by atoms with van der Waals surface area (Å²) in [7, 11) is 0. The van der Waals surface area contributed by atoms with Gasteiger partial charge in [-0.3, -0.25) is 9.59 Å². The molecule has 2 aliphatic rings. The molecule has 2 aliphatic heterocycles. The molecule has 0 radical (unpaired) electrons. The number of rotatable bonds is 4. The van der Waals surface area contributed by atoms with Gasteiger partial charge in [0.2, 0.25) is 5.91 Å². The van der Waals surface area contributed by atoms with E-state index in [9.17, 15) is 9.59 Å². The molecule has 16 heavy (non-hydrogen) atoms. The first-order chi connectivity index (χ1) is 7.65. The smallest absolute Gasteiger partial charge is 0.310 e. The van der Waals surface area contributed by atoms with Crippen LogP contribution in [-0.4, -0.2) is 35.7 Å². The summed E-state index contributed by atoms with van der Waals surface area (Å²) < 4.78 is 5.52. The van der Waals surface area contributed by atoms with Gasteiger partial charge in [0, 0.05) is 6.54 Å². The lowest BCUT2D eigenvalue weighted by molar-refractivity contribution is -0.147. The van der Waals surface area contributed by atoms with E-state index in [0.29, 0.717) is 6.54 Å². The molecular weight excluding hydrogens is 210 g/mol. The summed E-state index contributed by atoms with van der Waals surface area (Å²) in [4.78, 5) is 23.0. The number of nitrogens with one attached hydrogen (secondary N) is 1. The molecule has 2 bridgehead atoms. The molecule has 0 spiro atoms. The van der Waals surface area contributed by atoms with E-state index < -0.39 is 17.8 Å². The van der Waals surface area contributed by atoms with E-state index in [-0.39, 0.29) is 18.1 Å². The van der Waals surface area contributed by atoms with E-state index in [1.165, 1.54) is 0 Å². The second kappa shape index (κ2) is 4.41. The van der Waals surface area contributed by atoms with Crippen molar-refractivity contribution < 1.29 is 19.4 Å². The van der Waals surface area contributed by atoms with Gasteiger partial charge < -0.3 is 15.2 Å². The van der Waals surface area contributed by atoms with Gasteiger partial charge in [0.25, 0.3) is 0 Å². The average Bonchev–Trinajstić information content (AvgIpc) is 2.84. The Morgan fingerprint density at radius 2 is 1.94 bits per heavy atom. The lowest BCUT2D eigenvalue weighted by Gasteiger charge is -2.23. The van der Waals surface area contributed by atoms with Gasteiger partial charge in [-0.1, -0.05) is 6.92 Å². The molecule has 4 atom stereocenters. The molecule has 2 unspecified atom stereocenters. The van der Waals surface area contributed by atoms with Crippen LogP contribution in [0.5, 0.6) is 0 Å². The van der Waals surface area contributed by atoms with Crippen LogP contribution in [0.4, 0.5) is 0 Å². The highest BCUT2D eigenvalue weighted by Crippen LogP contribution is 2.43. The van der Waals surface area contributed by atoms with Crippen LogP contribution in [0, 0.1) is 11.8 Å². The summed E-state index contributed by atoms with van der Waals surface area (Å²) in [6, 6.07) is 0. The standard InChI is InChI=1S/C11H17NO4/c1-2-5-12-10(13)8-6-3-4-7(16-6)9(8)11(14)15/h6-9H,2-5H2,1H3,(H,12,13)(H,14,15)/t6-,7+,8?,9?/m0/s1. The lowest BCUT2D eigenvalue weighted by Crippen LogP contribution is -2.44. The number of hydrogen-bond acceptors (Lipinski definition) is 3.